The van der Waals surface area contributed by atoms with Crippen molar-refractivity contribution in [1.29, 1.82) is 0 Å². The van der Waals surface area contributed by atoms with E-state index in [1.807, 2.05) is 174 Å². The molecule has 146 heavy (non-hydrogen) atoms. The van der Waals surface area contributed by atoms with Gasteiger partial charge in [-0.15, -0.1) is 0 Å². The summed E-state index contributed by atoms with van der Waals surface area (Å²) >= 11 is 9.61. The summed E-state index contributed by atoms with van der Waals surface area (Å²) in [6.07, 6.45) is 17.1. The summed E-state index contributed by atoms with van der Waals surface area (Å²) in [6.45, 7) is 44.8. The molecule has 1 fully saturated rings. The zero-order valence-corrected chi connectivity index (χ0v) is 94.9. The van der Waals surface area contributed by atoms with E-state index in [4.69, 9.17) is 116 Å². The van der Waals surface area contributed by atoms with E-state index in [2.05, 4.69) is 147 Å². The number of aryl methyl sites for hydroxylation is 10. The molecule has 10 aromatic carbocycles. The summed E-state index contributed by atoms with van der Waals surface area (Å²) in [6, 6.07) is 65.6. The second-order valence-corrected chi connectivity index (χ2v) is 37.4. The highest BCUT2D eigenvalue weighted by Gasteiger charge is 2.20. The molecule has 1 saturated carbocycles. The third kappa shape index (κ3) is 57.4. The Bertz CT molecular complexity index is 4940. The van der Waals surface area contributed by atoms with Crippen LogP contribution in [0.2, 0.25) is 5.02 Å². The quantitative estimate of drug-likeness (QED) is 0.0325. The van der Waals surface area contributed by atoms with Crippen LogP contribution in [0.1, 0.15) is 201 Å². The number of methoxy groups -OCH3 is 8. The van der Waals surface area contributed by atoms with Gasteiger partial charge >= 0.3 is 0 Å². The van der Waals surface area contributed by atoms with Crippen LogP contribution in [0.5, 0.6) is 80.5 Å². The molecule has 0 N–H and O–H groups in total. The number of hydrogen-bond donors (Lipinski definition) is 0. The maximum atomic E-state index is 6.14. The minimum Gasteiger partial charge on any atom is -0.493 e. The van der Waals surface area contributed by atoms with E-state index < -0.39 is 0 Å². The molecule has 10 aromatic rings. The summed E-state index contributed by atoms with van der Waals surface area (Å²) in [5.74, 6) is 11.6. The Hall–Kier alpha value is -10.2. The van der Waals surface area contributed by atoms with Crippen molar-refractivity contribution in [3.63, 3.8) is 0 Å². The fourth-order valence-corrected chi connectivity index (χ4v) is 14.6. The molecule has 810 valence electrons. The van der Waals surface area contributed by atoms with Gasteiger partial charge in [0.15, 0.2) is 69.0 Å². The molecule has 0 unspecified atom stereocenters. The van der Waals surface area contributed by atoms with Crippen LogP contribution in [0.15, 0.2) is 199 Å². The monoisotopic (exact) mass is 2110 g/mol. The zero-order chi connectivity index (χ0) is 107. The van der Waals surface area contributed by atoms with Crippen molar-refractivity contribution in [2.45, 2.75) is 238 Å². The third-order valence-electron chi connectivity index (χ3n) is 21.5. The van der Waals surface area contributed by atoms with E-state index in [0.29, 0.717) is 96.2 Å². The summed E-state index contributed by atoms with van der Waals surface area (Å²) < 4.78 is 122. The van der Waals surface area contributed by atoms with E-state index in [9.17, 15) is 0 Å². The van der Waals surface area contributed by atoms with E-state index in [-0.39, 0.29) is 18.3 Å². The highest BCUT2D eigenvalue weighted by atomic mass is 79.9. The number of ether oxygens (including phenoxy) is 22. The molecule has 0 heterocycles. The first-order valence-electron chi connectivity index (χ1n) is 51.8. The lowest BCUT2D eigenvalue weighted by Crippen LogP contribution is -2.20. The van der Waals surface area contributed by atoms with Crippen LogP contribution >= 0.6 is 27.5 Å². The largest absolute Gasteiger partial charge is 0.493 e. The molecule has 0 spiro atoms. The van der Waals surface area contributed by atoms with Gasteiger partial charge in [-0.25, -0.2) is 0 Å². The standard InChI is InChI=1S/C19H24O2.C17H26O3.C17H20O2.C14H21BrO3.C14H21ClO3.2C14H22O3.C13H20O3/c1-16-9-11-18(12-10-17-7-4-3-5-8-17)19(15-16)21-14-6-13-20-2;1-14-9-10-16(20-15-7-4-3-5-8-15)17(13-14)19-12-6-11-18-2;1-14-11-16(15-7-4-3-5-8-15)13-17(12-14)19-10-6-9-18-2;2*1-10(2)18-14-9-12(15)11(3)8-13(14)17-7-5-6-16-4;1-11(2)17-13-7-6-12(3)10-14(13)16-9-5-8-15-4;1-4-8-16-13-7-6-12(2)11-14(13)17-10-5-9-15-3;1-4-15-12-7-6-11(2)10-13(12)16-9-5-8-14-3/h3-5,7-9,11,15H,6,10,12-14H2,1-2H3;9-10,13,15H,3-8,11-12H2,1-2H3;3-5,7-8,11-13H,6,9-10H2,1-2H3;2*8-10H,5-7H2,1-4H3;6-7,10-11H,5,8-9H2,1-4H3;6-7,11H,4-5,8-10H2,1-3H3;6-7,10H,4-5,8-9H2,1-3H3. The van der Waals surface area contributed by atoms with Crippen molar-refractivity contribution in [3.8, 4) is 91.6 Å². The zero-order valence-electron chi connectivity index (χ0n) is 92.6. The second-order valence-electron chi connectivity index (χ2n) is 36.1. The SMILES string of the molecule is CCCOc1ccc(C)cc1OCCCOC.CCOc1ccc(C)cc1OCCCOC.COCCCOc1cc(C)c(Br)cc1OC(C)C.COCCCOc1cc(C)c(Cl)cc1OC(C)C.COCCCOc1cc(C)cc(-c2ccccc2)c1.COCCCOc1cc(C)ccc1CCc1ccccc1.COCCCOc1cc(C)ccc1OC(C)C.COCCCOc1cc(C)ccc1OC1CCCCC1. The summed E-state index contributed by atoms with van der Waals surface area (Å²) in [5.41, 5.74) is 14.3. The van der Waals surface area contributed by atoms with E-state index in [0.717, 1.165) is 213 Å². The second kappa shape index (κ2) is 79.9. The average molecular weight is 2110 g/mol. The fourth-order valence-electron chi connectivity index (χ4n) is 14.2. The molecule has 0 radical (unpaired) electrons. The molecule has 1 aliphatic rings. The van der Waals surface area contributed by atoms with Crippen molar-refractivity contribution in [3.05, 3.63) is 259 Å². The van der Waals surface area contributed by atoms with Gasteiger partial charge in [0.05, 0.1) is 90.5 Å². The van der Waals surface area contributed by atoms with Gasteiger partial charge in [-0.3, -0.25) is 0 Å². The topological polar surface area (TPSA) is 203 Å². The van der Waals surface area contributed by atoms with Crippen LogP contribution in [0.25, 0.3) is 11.1 Å². The summed E-state index contributed by atoms with van der Waals surface area (Å²) in [5, 5.41) is 0.690. The van der Waals surface area contributed by atoms with Gasteiger partial charge in [0, 0.05) is 177 Å². The molecule has 0 amide bonds. The average Bonchev–Trinajstić information content (AvgIpc) is 0.840. The maximum Gasteiger partial charge on any atom is 0.163 e. The molecule has 1 aliphatic carbocycles. The first-order valence-corrected chi connectivity index (χ1v) is 53.0. The van der Waals surface area contributed by atoms with Gasteiger partial charge in [-0.05, 0) is 300 Å². The van der Waals surface area contributed by atoms with Gasteiger partial charge in [0.25, 0.3) is 0 Å². The van der Waals surface area contributed by atoms with Gasteiger partial charge in [-0.2, -0.15) is 0 Å². The molecule has 0 aliphatic heterocycles. The molecule has 0 bridgehead atoms. The number of benzene rings is 10. The number of halogens is 2. The molecule has 0 atom stereocenters. The molecule has 0 aromatic heterocycles. The summed E-state index contributed by atoms with van der Waals surface area (Å²) in [7, 11) is 13.6. The van der Waals surface area contributed by atoms with Crippen LogP contribution in [0.4, 0.5) is 0 Å². The van der Waals surface area contributed by atoms with Gasteiger partial charge < -0.3 is 104 Å². The lowest BCUT2D eigenvalue weighted by molar-refractivity contribution is 0.142. The van der Waals surface area contributed by atoms with E-state index in [1.54, 1.807) is 56.9 Å². The smallest absolute Gasteiger partial charge is 0.163 e. The van der Waals surface area contributed by atoms with Gasteiger partial charge in [0.1, 0.15) is 11.5 Å². The number of hydrogen-bond acceptors (Lipinski definition) is 22. The van der Waals surface area contributed by atoms with Crippen LogP contribution < -0.4 is 66.3 Å². The highest BCUT2D eigenvalue weighted by Crippen LogP contribution is 2.39. The van der Waals surface area contributed by atoms with Crippen LogP contribution in [0, 0.1) is 55.4 Å². The lowest BCUT2D eigenvalue weighted by atomic mass is 9.98. The Kier molecular flexibility index (Phi) is 70.2. The van der Waals surface area contributed by atoms with Gasteiger partial charge in [0.2, 0.25) is 0 Å². The van der Waals surface area contributed by atoms with Crippen molar-refractivity contribution in [2.24, 2.45) is 0 Å². The Labute approximate surface area is 890 Å². The van der Waals surface area contributed by atoms with Crippen LogP contribution in [-0.4, -0.2) is 200 Å². The molecular formula is C122H176BrClO22. The fraction of sp³-hybridized carbons (Fsp3) is 0.508. The Balaban J connectivity index is 0.000000348. The summed E-state index contributed by atoms with van der Waals surface area (Å²) in [4.78, 5) is 0. The first-order chi connectivity index (χ1) is 70.6. The molecule has 11 rings (SSSR count). The van der Waals surface area contributed by atoms with Crippen molar-refractivity contribution in [1.82, 2.24) is 0 Å². The van der Waals surface area contributed by atoms with E-state index >= 15 is 0 Å². The van der Waals surface area contributed by atoms with Gasteiger partial charge in [-0.1, -0.05) is 144 Å². The Morgan fingerprint density at radius 1 is 0.281 bits per heavy atom. The van der Waals surface area contributed by atoms with Crippen molar-refractivity contribution in [2.75, 3.05) is 176 Å². The highest BCUT2D eigenvalue weighted by molar-refractivity contribution is 9.10. The minimum absolute atomic E-state index is 0.0881. The van der Waals surface area contributed by atoms with Crippen LogP contribution in [0.3, 0.4) is 0 Å². The molecule has 0 saturated heterocycles. The number of rotatable bonds is 57. The van der Waals surface area contributed by atoms with Crippen LogP contribution in [-0.2, 0) is 50.7 Å². The lowest BCUT2D eigenvalue weighted by Gasteiger charge is -2.24. The molecule has 22 nitrogen and oxygen atoms in total. The molecule has 24 heteroatoms. The Morgan fingerprint density at radius 2 is 0.623 bits per heavy atom. The van der Waals surface area contributed by atoms with Crippen molar-refractivity contribution >= 4 is 27.5 Å². The maximum absolute atomic E-state index is 6.14. The molecular weight excluding hydrogens is 1930 g/mol. The first kappa shape index (κ1) is 128. The predicted molar refractivity (Wildman–Crippen MR) is 599 cm³/mol. The van der Waals surface area contributed by atoms with E-state index in [1.165, 1.54) is 74.9 Å². The predicted octanol–water partition coefficient (Wildman–Crippen LogP) is 29.4. The normalized spacial score (nSPS) is 11.3. The Morgan fingerprint density at radius 3 is 1.04 bits per heavy atom. The van der Waals surface area contributed by atoms with Crippen molar-refractivity contribution < 1.29 is 104 Å². The minimum atomic E-state index is 0.0881. The third-order valence-corrected chi connectivity index (χ3v) is 22.7.